The molecule has 0 bridgehead atoms. The highest BCUT2D eigenvalue weighted by Gasteiger charge is 2.34. The fourth-order valence-electron chi connectivity index (χ4n) is 4.31. The number of rotatable bonds is 13. The summed E-state index contributed by atoms with van der Waals surface area (Å²) in [6.45, 7) is 0.0675. The number of benzene rings is 2. The first kappa shape index (κ1) is 28.0. The molecule has 0 aliphatic heterocycles. The summed E-state index contributed by atoms with van der Waals surface area (Å²) in [6, 6.07) is 17.5. The number of aromatic amines is 1. The third-order valence-electron chi connectivity index (χ3n) is 6.54. The van der Waals surface area contributed by atoms with E-state index in [-0.39, 0.29) is 43.9 Å². The Morgan fingerprint density at radius 3 is 2.29 bits per heavy atom. The van der Waals surface area contributed by atoms with Crippen molar-refractivity contribution in [3.05, 3.63) is 83.4 Å². The van der Waals surface area contributed by atoms with Gasteiger partial charge in [0.05, 0.1) is 12.9 Å². The maximum absolute atomic E-state index is 13.3. The third-order valence-corrected chi connectivity index (χ3v) is 6.71. The Morgan fingerprint density at radius 1 is 0.976 bits per heavy atom. The number of esters is 2. The van der Waals surface area contributed by atoms with Gasteiger partial charge in [-0.05, 0) is 42.0 Å². The van der Waals surface area contributed by atoms with Crippen molar-refractivity contribution in [2.75, 3.05) is 11.4 Å². The molecule has 1 amide bonds. The summed E-state index contributed by atoms with van der Waals surface area (Å²) in [4.78, 5) is 56.3. The molecule has 1 atom stereocenters. The number of hydrogen-bond acceptors (Lipinski definition) is 9. The highest BCUT2D eigenvalue weighted by Crippen LogP contribution is 2.33. The van der Waals surface area contributed by atoms with Gasteiger partial charge < -0.3 is 24.7 Å². The quantitative estimate of drug-likeness (QED) is 0.180. The van der Waals surface area contributed by atoms with Gasteiger partial charge in [0.2, 0.25) is 11.2 Å². The van der Waals surface area contributed by atoms with Crippen molar-refractivity contribution in [2.45, 2.75) is 51.0 Å². The Balaban J connectivity index is 1.24. The minimum atomic E-state index is -1.06. The van der Waals surface area contributed by atoms with E-state index in [9.17, 15) is 14.4 Å². The Morgan fingerprint density at radius 2 is 1.63 bits per heavy atom. The summed E-state index contributed by atoms with van der Waals surface area (Å²) in [6.07, 6.45) is 3.17. The Labute approximate surface area is 241 Å². The number of carbonyl (C=O) groups excluding carboxylic acids is 3. The SMILES string of the molecule is O=C(CN(c1nc(Cl)nc2nc[nH]c12)C1CC1)N[C@@H](CCC(=O)OCc1ccccc1)C(=O)OCc1ccccc1. The molecule has 2 aromatic carbocycles. The molecular weight excluding hydrogens is 548 g/mol. The first-order valence-electron chi connectivity index (χ1n) is 13.3. The second-order valence-corrected chi connectivity index (χ2v) is 10.0. The predicted octanol–water partition coefficient (Wildman–Crippen LogP) is 3.73. The van der Waals surface area contributed by atoms with E-state index in [1.165, 1.54) is 6.33 Å². The summed E-state index contributed by atoms with van der Waals surface area (Å²) in [5, 5.41) is 2.77. The minimum absolute atomic E-state index is 0.0144. The zero-order chi connectivity index (χ0) is 28.6. The van der Waals surface area contributed by atoms with Gasteiger partial charge in [0, 0.05) is 12.5 Å². The standard InChI is InChI=1S/C29H29ClN6O5/c30-29-34-26-25(31-18-32-26)27(35-29)36(21-11-12-21)15-23(37)33-22(28(39)41-17-20-9-5-2-6-10-20)13-14-24(38)40-16-19-7-3-1-4-8-19/h1-10,18,21-22H,11-17H2,(H,33,37)(H,31,32,34,35)/t22-/m0/s1. The Bertz CT molecular complexity index is 1500. The molecule has 1 fully saturated rings. The maximum Gasteiger partial charge on any atom is 0.328 e. The molecule has 5 rings (SSSR count). The van der Waals surface area contributed by atoms with Crippen LogP contribution in [0.3, 0.4) is 0 Å². The number of nitrogens with one attached hydrogen (secondary N) is 2. The first-order chi connectivity index (χ1) is 20.0. The lowest BCUT2D eigenvalue weighted by Gasteiger charge is -2.25. The molecule has 0 radical (unpaired) electrons. The van der Waals surface area contributed by atoms with E-state index in [2.05, 4.69) is 25.3 Å². The van der Waals surface area contributed by atoms with E-state index in [4.69, 9.17) is 21.1 Å². The van der Waals surface area contributed by atoms with Gasteiger partial charge in [-0.15, -0.1) is 0 Å². The maximum atomic E-state index is 13.3. The highest BCUT2D eigenvalue weighted by molar-refractivity contribution is 6.28. The lowest BCUT2D eigenvalue weighted by atomic mass is 10.1. The van der Waals surface area contributed by atoms with Gasteiger partial charge in [-0.3, -0.25) is 9.59 Å². The summed E-state index contributed by atoms with van der Waals surface area (Å²) in [7, 11) is 0. The van der Waals surface area contributed by atoms with Crippen molar-refractivity contribution < 1.29 is 23.9 Å². The zero-order valence-electron chi connectivity index (χ0n) is 22.2. The summed E-state index contributed by atoms with van der Waals surface area (Å²) in [5.74, 6) is -1.10. The number of hydrogen-bond donors (Lipinski definition) is 2. The van der Waals surface area contributed by atoms with Crippen LogP contribution in [0, 0.1) is 0 Å². The molecular formula is C29H29ClN6O5. The van der Waals surface area contributed by atoms with Gasteiger partial charge in [-0.2, -0.15) is 9.97 Å². The Hall–Kier alpha value is -4.51. The predicted molar refractivity (Wildman–Crippen MR) is 151 cm³/mol. The largest absolute Gasteiger partial charge is 0.461 e. The molecule has 212 valence electrons. The van der Waals surface area contributed by atoms with Crippen LogP contribution in [0.4, 0.5) is 5.82 Å². The molecule has 2 aromatic heterocycles. The monoisotopic (exact) mass is 576 g/mol. The number of nitrogens with zero attached hydrogens (tertiary/aromatic N) is 4. The fraction of sp³-hybridized carbons (Fsp3) is 0.310. The average molecular weight is 577 g/mol. The fourth-order valence-corrected chi connectivity index (χ4v) is 4.47. The van der Waals surface area contributed by atoms with Crippen LogP contribution in [0.25, 0.3) is 11.2 Å². The van der Waals surface area contributed by atoms with E-state index in [1.54, 1.807) is 0 Å². The number of aromatic nitrogens is 4. The van der Waals surface area contributed by atoms with Crippen molar-refractivity contribution in [3.63, 3.8) is 0 Å². The highest BCUT2D eigenvalue weighted by atomic mass is 35.5. The number of carbonyl (C=O) groups is 3. The zero-order valence-corrected chi connectivity index (χ0v) is 22.9. The van der Waals surface area contributed by atoms with Crippen LogP contribution in [0.15, 0.2) is 67.0 Å². The van der Waals surface area contributed by atoms with Gasteiger partial charge >= 0.3 is 11.9 Å². The molecule has 1 saturated carbocycles. The molecule has 11 nitrogen and oxygen atoms in total. The molecule has 1 aliphatic carbocycles. The topological polar surface area (TPSA) is 139 Å². The van der Waals surface area contributed by atoms with Crippen LogP contribution in [0.1, 0.15) is 36.8 Å². The number of H-pyrrole nitrogens is 1. The molecule has 0 unspecified atom stereocenters. The second kappa shape index (κ2) is 13.2. The number of anilines is 1. The number of amides is 1. The van der Waals surface area contributed by atoms with Gasteiger partial charge in [0.15, 0.2) is 11.5 Å². The lowest BCUT2D eigenvalue weighted by molar-refractivity contribution is -0.150. The number of imidazole rings is 1. The van der Waals surface area contributed by atoms with Crippen LogP contribution < -0.4 is 10.2 Å². The van der Waals surface area contributed by atoms with Crippen LogP contribution in [-0.4, -0.2) is 56.4 Å². The first-order valence-corrected chi connectivity index (χ1v) is 13.7. The van der Waals surface area contributed by atoms with E-state index < -0.39 is 23.9 Å². The Kier molecular flexibility index (Phi) is 9.05. The molecule has 2 heterocycles. The molecule has 4 aromatic rings. The third kappa shape index (κ3) is 7.79. The average Bonchev–Trinajstić information content (AvgIpc) is 3.73. The van der Waals surface area contributed by atoms with E-state index in [1.807, 2.05) is 65.6 Å². The van der Waals surface area contributed by atoms with Gasteiger partial charge in [-0.1, -0.05) is 60.7 Å². The van der Waals surface area contributed by atoms with Crippen LogP contribution in [0.2, 0.25) is 5.28 Å². The lowest BCUT2D eigenvalue weighted by Crippen LogP contribution is -2.47. The van der Waals surface area contributed by atoms with Crippen molar-refractivity contribution in [3.8, 4) is 0 Å². The molecule has 41 heavy (non-hydrogen) atoms. The minimum Gasteiger partial charge on any atom is -0.461 e. The van der Waals surface area contributed by atoms with Crippen molar-refractivity contribution in [1.29, 1.82) is 0 Å². The molecule has 2 N–H and O–H groups in total. The van der Waals surface area contributed by atoms with Crippen LogP contribution in [-0.2, 0) is 37.1 Å². The molecule has 12 heteroatoms. The van der Waals surface area contributed by atoms with Crippen molar-refractivity contribution >= 4 is 46.4 Å². The summed E-state index contributed by atoms with van der Waals surface area (Å²) >= 11 is 6.12. The second-order valence-electron chi connectivity index (χ2n) is 9.67. The van der Waals surface area contributed by atoms with Crippen molar-refractivity contribution in [1.82, 2.24) is 25.3 Å². The number of halogens is 1. The molecule has 1 aliphatic rings. The van der Waals surface area contributed by atoms with E-state index in [0.29, 0.717) is 17.0 Å². The molecule has 0 saturated heterocycles. The van der Waals surface area contributed by atoms with Gasteiger partial charge in [0.25, 0.3) is 0 Å². The number of ether oxygens (including phenoxy) is 2. The van der Waals surface area contributed by atoms with Crippen LogP contribution >= 0.6 is 11.6 Å². The normalized spacial score (nSPS) is 13.4. The molecule has 0 spiro atoms. The number of fused-ring (bicyclic) bond motifs is 1. The summed E-state index contributed by atoms with van der Waals surface area (Å²) in [5.41, 5.74) is 2.61. The van der Waals surface area contributed by atoms with Crippen LogP contribution in [0.5, 0.6) is 0 Å². The van der Waals surface area contributed by atoms with E-state index >= 15 is 0 Å². The smallest absolute Gasteiger partial charge is 0.328 e. The van der Waals surface area contributed by atoms with Gasteiger partial charge in [-0.25, -0.2) is 9.78 Å². The van der Waals surface area contributed by atoms with E-state index in [0.717, 1.165) is 24.0 Å². The summed E-state index contributed by atoms with van der Waals surface area (Å²) < 4.78 is 10.8. The van der Waals surface area contributed by atoms with Gasteiger partial charge in [0.1, 0.15) is 24.8 Å². The van der Waals surface area contributed by atoms with Crippen molar-refractivity contribution in [2.24, 2.45) is 0 Å².